The fourth-order valence-corrected chi connectivity index (χ4v) is 1.67. The minimum absolute atomic E-state index is 0.154. The van der Waals surface area contributed by atoms with Crippen LogP contribution in [0.25, 0.3) is 0 Å². The second-order valence-electron chi connectivity index (χ2n) is 4.24. The van der Waals surface area contributed by atoms with Gasteiger partial charge in [-0.3, -0.25) is 0 Å². The van der Waals surface area contributed by atoms with Gasteiger partial charge in [-0.05, 0) is 14.1 Å². The van der Waals surface area contributed by atoms with Crippen LogP contribution in [0.3, 0.4) is 0 Å². The third kappa shape index (κ3) is 3.26. The third-order valence-corrected chi connectivity index (χ3v) is 2.37. The molecule has 1 aliphatic heterocycles. The summed E-state index contributed by atoms with van der Waals surface area (Å²) < 4.78 is 10.7. The molecule has 1 aromatic heterocycles. The molecule has 1 fully saturated rings. The first-order chi connectivity index (χ1) is 7.74. The normalized spacial score (nSPS) is 21.6. The Morgan fingerprint density at radius 2 is 2.38 bits per heavy atom. The number of nitrogens with zero attached hydrogens (tertiary/aromatic N) is 3. The number of ether oxygens (including phenoxy) is 1. The number of morpholine rings is 1. The van der Waals surface area contributed by atoms with Crippen LogP contribution in [0.5, 0.6) is 0 Å². The lowest BCUT2D eigenvalue weighted by Crippen LogP contribution is -2.39. The van der Waals surface area contributed by atoms with E-state index in [2.05, 4.69) is 15.5 Å². The van der Waals surface area contributed by atoms with E-state index in [1.807, 2.05) is 19.0 Å². The molecule has 16 heavy (non-hydrogen) atoms. The van der Waals surface area contributed by atoms with E-state index < -0.39 is 0 Å². The number of aromatic nitrogens is 2. The largest absolute Gasteiger partial charge is 0.375 e. The summed E-state index contributed by atoms with van der Waals surface area (Å²) in [4.78, 5) is 6.32. The summed E-state index contributed by atoms with van der Waals surface area (Å²) in [5.41, 5.74) is 0. The first-order valence-corrected chi connectivity index (χ1v) is 5.52. The molecule has 1 aromatic rings. The van der Waals surface area contributed by atoms with E-state index in [-0.39, 0.29) is 6.10 Å². The van der Waals surface area contributed by atoms with E-state index in [0.717, 1.165) is 25.5 Å². The Morgan fingerprint density at radius 1 is 1.50 bits per heavy atom. The molecule has 2 heterocycles. The van der Waals surface area contributed by atoms with Crippen LogP contribution in [-0.2, 0) is 17.7 Å². The molecule has 1 aliphatic rings. The minimum atomic E-state index is 0.154. The van der Waals surface area contributed by atoms with E-state index in [1.54, 1.807) is 0 Å². The molecule has 2 rings (SSSR count). The molecule has 90 valence electrons. The van der Waals surface area contributed by atoms with Crippen LogP contribution in [-0.4, -0.2) is 54.9 Å². The van der Waals surface area contributed by atoms with Gasteiger partial charge in [0.15, 0.2) is 5.82 Å². The van der Waals surface area contributed by atoms with E-state index in [4.69, 9.17) is 9.26 Å². The highest BCUT2D eigenvalue weighted by Gasteiger charge is 2.17. The van der Waals surface area contributed by atoms with Gasteiger partial charge in [0.2, 0.25) is 5.89 Å². The van der Waals surface area contributed by atoms with Gasteiger partial charge in [-0.15, -0.1) is 0 Å². The Labute approximate surface area is 95.0 Å². The highest BCUT2D eigenvalue weighted by molar-refractivity contribution is 4.89. The minimum Gasteiger partial charge on any atom is -0.375 e. The highest BCUT2D eigenvalue weighted by Crippen LogP contribution is 2.06. The molecule has 0 aliphatic carbocycles. The van der Waals surface area contributed by atoms with Crippen LogP contribution >= 0.6 is 0 Å². The highest BCUT2D eigenvalue weighted by atomic mass is 16.5. The number of nitrogens with one attached hydrogen (secondary N) is 1. The Balaban J connectivity index is 1.86. The molecule has 1 unspecified atom stereocenters. The fraction of sp³-hybridized carbons (Fsp3) is 0.800. The summed E-state index contributed by atoms with van der Waals surface area (Å²) in [6.45, 7) is 3.23. The van der Waals surface area contributed by atoms with Gasteiger partial charge in [-0.2, -0.15) is 4.98 Å². The predicted octanol–water partition coefficient (Wildman–Crippen LogP) is -0.338. The standard InChI is InChI=1S/C10H18N4O2/c1-14(2)7-9-12-10(16-13-9)5-8-6-11-3-4-15-8/h8,11H,3-7H2,1-2H3. The molecule has 0 amide bonds. The van der Waals surface area contributed by atoms with Gasteiger partial charge in [-0.25, -0.2) is 0 Å². The van der Waals surface area contributed by atoms with Gasteiger partial charge in [0.1, 0.15) is 0 Å². The third-order valence-electron chi connectivity index (χ3n) is 2.37. The van der Waals surface area contributed by atoms with Crippen molar-refractivity contribution in [2.45, 2.75) is 19.1 Å². The Bertz CT molecular complexity index is 320. The molecule has 1 saturated heterocycles. The molecule has 0 saturated carbocycles. The van der Waals surface area contributed by atoms with Gasteiger partial charge >= 0.3 is 0 Å². The van der Waals surface area contributed by atoms with Crippen molar-refractivity contribution >= 4 is 0 Å². The molecule has 1 atom stereocenters. The molecule has 0 radical (unpaired) electrons. The maximum Gasteiger partial charge on any atom is 0.229 e. The van der Waals surface area contributed by atoms with Gasteiger partial charge in [0.05, 0.1) is 25.7 Å². The summed E-state index contributed by atoms with van der Waals surface area (Å²) >= 11 is 0. The topological polar surface area (TPSA) is 63.4 Å². The number of hydrogen-bond donors (Lipinski definition) is 1. The van der Waals surface area contributed by atoms with E-state index in [9.17, 15) is 0 Å². The zero-order valence-corrected chi connectivity index (χ0v) is 9.77. The van der Waals surface area contributed by atoms with Crippen molar-refractivity contribution < 1.29 is 9.26 Å². The van der Waals surface area contributed by atoms with Crippen molar-refractivity contribution in [1.82, 2.24) is 20.4 Å². The lowest BCUT2D eigenvalue weighted by molar-refractivity contribution is 0.0246. The molecule has 0 spiro atoms. The Kier molecular flexibility index (Phi) is 3.87. The van der Waals surface area contributed by atoms with Gasteiger partial charge in [-0.1, -0.05) is 5.16 Å². The van der Waals surface area contributed by atoms with Crippen molar-refractivity contribution in [2.75, 3.05) is 33.8 Å². The number of hydrogen-bond acceptors (Lipinski definition) is 6. The summed E-state index contributed by atoms with van der Waals surface area (Å²) in [6, 6.07) is 0. The summed E-state index contributed by atoms with van der Waals surface area (Å²) in [5.74, 6) is 1.38. The number of rotatable bonds is 4. The SMILES string of the molecule is CN(C)Cc1noc(CC2CNCCO2)n1. The van der Waals surface area contributed by atoms with Crippen LogP contribution in [0.15, 0.2) is 4.52 Å². The maximum absolute atomic E-state index is 5.57. The lowest BCUT2D eigenvalue weighted by atomic mass is 10.2. The van der Waals surface area contributed by atoms with Crippen LogP contribution in [0.2, 0.25) is 0 Å². The van der Waals surface area contributed by atoms with E-state index >= 15 is 0 Å². The first kappa shape index (κ1) is 11.5. The van der Waals surface area contributed by atoms with Crippen molar-refractivity contribution in [1.29, 1.82) is 0 Å². The van der Waals surface area contributed by atoms with E-state index in [1.165, 1.54) is 0 Å². The molecular weight excluding hydrogens is 208 g/mol. The Morgan fingerprint density at radius 3 is 3.06 bits per heavy atom. The molecular formula is C10H18N4O2. The van der Waals surface area contributed by atoms with Gasteiger partial charge in [0, 0.05) is 13.1 Å². The average Bonchev–Trinajstić information content (AvgIpc) is 2.66. The summed E-state index contributed by atoms with van der Waals surface area (Å²) in [5, 5.41) is 7.19. The average molecular weight is 226 g/mol. The predicted molar refractivity (Wildman–Crippen MR) is 58.0 cm³/mol. The molecule has 6 heteroatoms. The zero-order chi connectivity index (χ0) is 11.4. The second kappa shape index (κ2) is 5.38. The molecule has 0 bridgehead atoms. The zero-order valence-electron chi connectivity index (χ0n) is 9.77. The molecule has 0 aromatic carbocycles. The van der Waals surface area contributed by atoms with E-state index in [0.29, 0.717) is 18.9 Å². The van der Waals surface area contributed by atoms with Gasteiger partial charge in [0.25, 0.3) is 0 Å². The smallest absolute Gasteiger partial charge is 0.229 e. The fourth-order valence-electron chi connectivity index (χ4n) is 1.67. The van der Waals surface area contributed by atoms with Crippen molar-refractivity contribution in [3.8, 4) is 0 Å². The monoisotopic (exact) mass is 226 g/mol. The first-order valence-electron chi connectivity index (χ1n) is 5.52. The van der Waals surface area contributed by atoms with Crippen LogP contribution in [0.4, 0.5) is 0 Å². The maximum atomic E-state index is 5.57. The summed E-state index contributed by atoms with van der Waals surface area (Å²) in [6.07, 6.45) is 0.842. The van der Waals surface area contributed by atoms with Crippen molar-refractivity contribution in [3.05, 3.63) is 11.7 Å². The quantitative estimate of drug-likeness (QED) is 0.758. The van der Waals surface area contributed by atoms with Crippen molar-refractivity contribution in [3.63, 3.8) is 0 Å². The van der Waals surface area contributed by atoms with Crippen molar-refractivity contribution in [2.24, 2.45) is 0 Å². The second-order valence-corrected chi connectivity index (χ2v) is 4.24. The summed E-state index contributed by atoms with van der Waals surface area (Å²) in [7, 11) is 3.95. The van der Waals surface area contributed by atoms with Crippen LogP contribution in [0.1, 0.15) is 11.7 Å². The molecule has 1 N–H and O–H groups in total. The molecule has 6 nitrogen and oxygen atoms in total. The van der Waals surface area contributed by atoms with Gasteiger partial charge < -0.3 is 19.5 Å². The van der Waals surface area contributed by atoms with Crippen LogP contribution in [0, 0.1) is 0 Å². The Hall–Kier alpha value is -0.980. The van der Waals surface area contributed by atoms with Crippen LogP contribution < -0.4 is 5.32 Å². The lowest BCUT2D eigenvalue weighted by Gasteiger charge is -2.21.